The minimum absolute atomic E-state index is 0.118. The Labute approximate surface area is 120 Å². The van der Waals surface area contributed by atoms with Crippen molar-refractivity contribution in [2.24, 2.45) is 0 Å². The van der Waals surface area contributed by atoms with E-state index in [4.69, 9.17) is 0 Å². The Bertz CT molecular complexity index is 716. The van der Waals surface area contributed by atoms with Crippen molar-refractivity contribution in [1.82, 2.24) is 4.98 Å². The molecule has 3 aromatic rings. The predicted octanol–water partition coefficient (Wildman–Crippen LogP) is 4.55. The molecule has 0 bridgehead atoms. The van der Waals surface area contributed by atoms with Crippen LogP contribution in [0.15, 0.2) is 39.6 Å². The quantitative estimate of drug-likeness (QED) is 0.656. The van der Waals surface area contributed by atoms with Crippen LogP contribution in [0, 0.1) is 0 Å². The lowest BCUT2D eigenvalue weighted by atomic mass is 10.1. The summed E-state index contributed by atoms with van der Waals surface area (Å²) in [6.45, 7) is 0. The van der Waals surface area contributed by atoms with E-state index in [9.17, 15) is 4.79 Å². The molecule has 0 saturated heterocycles. The van der Waals surface area contributed by atoms with E-state index in [1.807, 2.05) is 29.6 Å². The average Bonchev–Trinajstić information content (AvgIpc) is 2.96. The summed E-state index contributed by atoms with van der Waals surface area (Å²) >= 11 is 6.61. The maximum atomic E-state index is 12.1. The Balaban J connectivity index is 1.87. The van der Waals surface area contributed by atoms with Crippen LogP contribution in [0.2, 0.25) is 0 Å². The predicted molar refractivity (Wildman–Crippen MR) is 79.7 cm³/mol. The molecule has 2 nitrogen and oxygen atoms in total. The highest BCUT2D eigenvalue weighted by Crippen LogP contribution is 2.24. The van der Waals surface area contributed by atoms with Crippen molar-refractivity contribution in [3.05, 3.63) is 50.1 Å². The van der Waals surface area contributed by atoms with E-state index in [1.165, 1.54) is 0 Å². The Hall–Kier alpha value is -1.04. The van der Waals surface area contributed by atoms with E-state index in [2.05, 4.69) is 20.9 Å². The van der Waals surface area contributed by atoms with Crippen LogP contribution in [0.1, 0.15) is 15.2 Å². The molecule has 3 rings (SSSR count). The van der Waals surface area contributed by atoms with Gasteiger partial charge in [0.2, 0.25) is 0 Å². The van der Waals surface area contributed by atoms with Crippen molar-refractivity contribution >= 4 is 54.6 Å². The molecule has 3 aromatic heterocycles. The fourth-order valence-electron chi connectivity index (χ4n) is 1.71. The van der Waals surface area contributed by atoms with Gasteiger partial charge >= 0.3 is 0 Å². The number of nitrogens with zero attached hydrogens (tertiary/aromatic N) is 1. The number of Topliss-reactive ketones (excluding diaryl/α,β-unsaturated/α-hetero) is 1. The van der Waals surface area contributed by atoms with Crippen LogP contribution >= 0.6 is 38.6 Å². The molecular weight excluding hydrogens is 330 g/mol. The van der Waals surface area contributed by atoms with Gasteiger partial charge in [-0.15, -0.1) is 22.7 Å². The van der Waals surface area contributed by atoms with Crippen LogP contribution in [0.4, 0.5) is 0 Å². The zero-order chi connectivity index (χ0) is 12.5. The molecule has 0 aromatic carbocycles. The van der Waals surface area contributed by atoms with Crippen LogP contribution in [-0.4, -0.2) is 10.8 Å². The molecule has 0 aliphatic carbocycles. The summed E-state index contributed by atoms with van der Waals surface area (Å²) in [4.78, 5) is 17.5. The lowest BCUT2D eigenvalue weighted by molar-refractivity contribution is 0.0993. The normalized spacial score (nSPS) is 10.9. The molecule has 0 spiro atoms. The molecule has 0 radical (unpaired) electrons. The van der Waals surface area contributed by atoms with Gasteiger partial charge in [-0.25, -0.2) is 0 Å². The van der Waals surface area contributed by atoms with E-state index in [0.29, 0.717) is 12.0 Å². The lowest BCUT2D eigenvalue weighted by Gasteiger charge is -1.99. The van der Waals surface area contributed by atoms with Crippen molar-refractivity contribution in [3.63, 3.8) is 0 Å². The first kappa shape index (κ1) is 12.0. The topological polar surface area (TPSA) is 30.0 Å². The summed E-state index contributed by atoms with van der Waals surface area (Å²) in [5.74, 6) is 0.118. The van der Waals surface area contributed by atoms with Crippen molar-refractivity contribution in [3.8, 4) is 0 Å². The minimum atomic E-state index is 0.118. The summed E-state index contributed by atoms with van der Waals surface area (Å²) in [5.41, 5.74) is 1.64. The van der Waals surface area contributed by atoms with Gasteiger partial charge in [-0.1, -0.05) is 0 Å². The molecule has 0 fully saturated rings. The molecular formula is C13H8BrNOS2. The number of fused-ring (bicyclic) bond motifs is 1. The number of hydrogen-bond donors (Lipinski definition) is 0. The third-order valence-corrected chi connectivity index (χ3v) is 5.07. The maximum absolute atomic E-state index is 12.1. The van der Waals surface area contributed by atoms with Crippen molar-refractivity contribution in [2.75, 3.05) is 0 Å². The maximum Gasteiger partial charge on any atom is 0.169 e. The molecule has 0 saturated carbocycles. The van der Waals surface area contributed by atoms with E-state index >= 15 is 0 Å². The molecule has 0 amide bonds. The molecule has 3 heterocycles. The van der Waals surface area contributed by atoms with E-state index in [1.54, 1.807) is 28.9 Å². The highest BCUT2D eigenvalue weighted by molar-refractivity contribution is 9.11. The zero-order valence-electron chi connectivity index (χ0n) is 9.22. The van der Waals surface area contributed by atoms with Gasteiger partial charge in [0.1, 0.15) is 0 Å². The van der Waals surface area contributed by atoms with E-state index in [-0.39, 0.29) is 5.78 Å². The monoisotopic (exact) mass is 337 g/mol. The molecule has 5 heteroatoms. The van der Waals surface area contributed by atoms with Crippen LogP contribution in [0.3, 0.4) is 0 Å². The second-order valence-corrected chi connectivity index (χ2v) is 7.33. The first-order valence-corrected chi connectivity index (χ1v) is 7.82. The number of halogens is 1. The van der Waals surface area contributed by atoms with Crippen LogP contribution in [0.25, 0.3) is 10.2 Å². The first-order chi connectivity index (χ1) is 8.72. The Kier molecular flexibility index (Phi) is 3.28. The molecule has 90 valence electrons. The van der Waals surface area contributed by atoms with Crippen LogP contribution in [0.5, 0.6) is 0 Å². The van der Waals surface area contributed by atoms with Crippen molar-refractivity contribution < 1.29 is 4.79 Å². The summed E-state index contributed by atoms with van der Waals surface area (Å²) in [6, 6.07) is 7.83. The minimum Gasteiger partial charge on any atom is -0.294 e. The fraction of sp³-hybridized carbons (Fsp3) is 0.0769. The van der Waals surface area contributed by atoms with Gasteiger partial charge in [0.05, 0.1) is 14.0 Å². The summed E-state index contributed by atoms with van der Waals surface area (Å²) < 4.78 is 2.12. The third kappa shape index (κ3) is 2.39. The number of thiophene rings is 2. The van der Waals surface area contributed by atoms with E-state index < -0.39 is 0 Å². The lowest BCUT2D eigenvalue weighted by Crippen LogP contribution is -2.02. The molecule has 0 aliphatic rings. The third-order valence-electron chi connectivity index (χ3n) is 2.59. The van der Waals surface area contributed by atoms with Gasteiger partial charge in [-0.3, -0.25) is 9.78 Å². The van der Waals surface area contributed by atoms with Crippen LogP contribution < -0.4 is 0 Å². The van der Waals surface area contributed by atoms with Gasteiger partial charge < -0.3 is 0 Å². The molecule has 0 N–H and O–H groups in total. The Morgan fingerprint density at radius 1 is 1.33 bits per heavy atom. The van der Waals surface area contributed by atoms with E-state index in [0.717, 1.165) is 18.9 Å². The average molecular weight is 338 g/mol. The molecule has 0 atom stereocenters. The number of carbonyl (C=O) groups excluding carboxylic acids is 1. The second kappa shape index (κ2) is 4.91. The Morgan fingerprint density at radius 3 is 3.00 bits per heavy atom. The summed E-state index contributed by atoms with van der Waals surface area (Å²) in [5, 5.41) is 1.99. The zero-order valence-corrected chi connectivity index (χ0v) is 12.4. The van der Waals surface area contributed by atoms with Gasteiger partial charge in [-0.2, -0.15) is 0 Å². The second-order valence-electron chi connectivity index (χ2n) is 3.83. The number of ketones is 1. The molecule has 18 heavy (non-hydrogen) atoms. The van der Waals surface area contributed by atoms with Gasteiger partial charge in [0.25, 0.3) is 0 Å². The molecule has 0 aliphatic heterocycles. The number of rotatable bonds is 3. The van der Waals surface area contributed by atoms with Gasteiger partial charge in [-0.05, 0) is 45.6 Å². The first-order valence-electron chi connectivity index (χ1n) is 5.33. The fourth-order valence-corrected chi connectivity index (χ4v) is 3.97. The smallest absolute Gasteiger partial charge is 0.169 e. The number of carbonyl (C=O) groups is 1. The Morgan fingerprint density at radius 2 is 2.22 bits per heavy atom. The van der Waals surface area contributed by atoms with Gasteiger partial charge in [0.15, 0.2) is 5.78 Å². The van der Waals surface area contributed by atoms with Gasteiger partial charge in [0, 0.05) is 23.1 Å². The van der Waals surface area contributed by atoms with Crippen LogP contribution in [-0.2, 0) is 6.42 Å². The highest BCUT2D eigenvalue weighted by Gasteiger charge is 2.10. The standard InChI is InChI=1S/C13H8BrNOS2/c14-13-2-1-9(18-13)6-11(16)8-5-12-10(15-7-8)3-4-17-12/h1-5,7H,6H2. The van der Waals surface area contributed by atoms with Crippen molar-refractivity contribution in [2.45, 2.75) is 6.42 Å². The highest BCUT2D eigenvalue weighted by atomic mass is 79.9. The van der Waals surface area contributed by atoms with Crippen molar-refractivity contribution in [1.29, 1.82) is 0 Å². The molecule has 0 unspecified atom stereocenters. The number of hydrogen-bond acceptors (Lipinski definition) is 4. The largest absolute Gasteiger partial charge is 0.294 e. The SMILES string of the molecule is O=C(Cc1ccc(Br)s1)c1cnc2ccsc2c1. The summed E-state index contributed by atoms with van der Waals surface area (Å²) in [6.07, 6.45) is 2.11. The number of aromatic nitrogens is 1. The summed E-state index contributed by atoms with van der Waals surface area (Å²) in [7, 11) is 0. The number of pyridine rings is 1.